The van der Waals surface area contributed by atoms with Gasteiger partial charge in [-0.2, -0.15) is 13.9 Å². The van der Waals surface area contributed by atoms with E-state index in [0.29, 0.717) is 15.9 Å². The summed E-state index contributed by atoms with van der Waals surface area (Å²) in [7, 11) is 0. The summed E-state index contributed by atoms with van der Waals surface area (Å²) >= 11 is 0. The van der Waals surface area contributed by atoms with E-state index in [4.69, 9.17) is 0 Å². The molecule has 4 nitrogen and oxygen atoms in total. The second kappa shape index (κ2) is 6.17. The van der Waals surface area contributed by atoms with Gasteiger partial charge in [-0.05, 0) is 26.0 Å². The molecule has 118 valence electrons. The van der Waals surface area contributed by atoms with Gasteiger partial charge in [0, 0.05) is 23.0 Å². The van der Waals surface area contributed by atoms with Gasteiger partial charge in [0.2, 0.25) is 5.91 Å². The number of rotatable bonds is 4. The van der Waals surface area contributed by atoms with Crippen LogP contribution in [0.5, 0.6) is 0 Å². The van der Waals surface area contributed by atoms with E-state index < -0.39 is 24.1 Å². The van der Waals surface area contributed by atoms with Crippen LogP contribution < -0.4 is 5.32 Å². The molecule has 0 unspecified atom stereocenters. The van der Waals surface area contributed by atoms with Crippen molar-refractivity contribution in [3.63, 3.8) is 0 Å². The Hall–Kier alpha value is -2.38. The zero-order valence-corrected chi connectivity index (χ0v) is 11.8. The molecule has 0 aliphatic carbocycles. The fourth-order valence-corrected chi connectivity index (χ4v) is 2.08. The number of aryl methyl sites for hydroxylation is 1. The fraction of sp³-hybridized carbons (Fsp3) is 0.286. The highest BCUT2D eigenvalue weighted by molar-refractivity contribution is 5.92. The van der Waals surface area contributed by atoms with Crippen LogP contribution in [0.15, 0.2) is 18.2 Å². The molecule has 0 fully saturated rings. The van der Waals surface area contributed by atoms with Crippen molar-refractivity contribution in [2.24, 2.45) is 0 Å². The van der Waals surface area contributed by atoms with Crippen molar-refractivity contribution in [1.29, 1.82) is 0 Å². The van der Waals surface area contributed by atoms with Crippen LogP contribution >= 0.6 is 0 Å². The Morgan fingerprint density at radius 2 is 1.95 bits per heavy atom. The third kappa shape index (κ3) is 3.26. The molecule has 0 saturated heterocycles. The number of amides is 1. The first-order valence-electron chi connectivity index (χ1n) is 6.37. The predicted octanol–water partition coefficient (Wildman–Crippen LogP) is 3.35. The van der Waals surface area contributed by atoms with Crippen molar-refractivity contribution in [3.05, 3.63) is 46.8 Å². The van der Waals surface area contributed by atoms with Crippen LogP contribution in [0, 0.1) is 25.5 Å². The standard InChI is InChI=1S/C14H13F4N3O/c1-7-10(8(2)21(20-7)14(17)18)6-13(22)19-9-3-4-11(15)12(16)5-9/h3-5,14H,6H2,1-2H3,(H,19,22). The number of hydrogen-bond acceptors (Lipinski definition) is 2. The molecule has 1 amide bonds. The van der Waals surface area contributed by atoms with E-state index in [2.05, 4.69) is 10.4 Å². The number of carbonyl (C=O) groups is 1. The summed E-state index contributed by atoms with van der Waals surface area (Å²) < 4.78 is 51.8. The number of hydrogen-bond donors (Lipinski definition) is 1. The zero-order valence-electron chi connectivity index (χ0n) is 11.8. The predicted molar refractivity (Wildman–Crippen MR) is 71.6 cm³/mol. The molecule has 0 aliphatic heterocycles. The van der Waals surface area contributed by atoms with E-state index in [1.807, 2.05) is 0 Å². The number of carbonyl (C=O) groups excluding carboxylic acids is 1. The summed E-state index contributed by atoms with van der Waals surface area (Å²) in [6.45, 7) is 0.167. The second-order valence-electron chi connectivity index (χ2n) is 4.73. The van der Waals surface area contributed by atoms with Gasteiger partial charge in [0.15, 0.2) is 11.6 Å². The number of halogens is 4. The Balaban J connectivity index is 2.14. The van der Waals surface area contributed by atoms with E-state index in [0.717, 1.165) is 12.1 Å². The normalized spacial score (nSPS) is 11.0. The first kappa shape index (κ1) is 16.0. The zero-order chi connectivity index (χ0) is 16.4. The molecule has 1 N–H and O–H groups in total. The lowest BCUT2D eigenvalue weighted by molar-refractivity contribution is -0.115. The molecule has 1 aromatic carbocycles. The molecular weight excluding hydrogens is 302 g/mol. The van der Waals surface area contributed by atoms with Crippen LogP contribution in [-0.2, 0) is 11.2 Å². The summed E-state index contributed by atoms with van der Waals surface area (Å²) in [5.41, 5.74) is 0.965. The van der Waals surface area contributed by atoms with Gasteiger partial charge < -0.3 is 5.32 Å². The molecule has 1 aromatic heterocycles. The quantitative estimate of drug-likeness (QED) is 0.880. The summed E-state index contributed by atoms with van der Waals surface area (Å²) in [5, 5.41) is 6.05. The van der Waals surface area contributed by atoms with E-state index >= 15 is 0 Å². The monoisotopic (exact) mass is 315 g/mol. The molecule has 2 aromatic rings. The molecule has 0 radical (unpaired) electrons. The summed E-state index contributed by atoms with van der Waals surface area (Å²) in [5.74, 6) is -2.65. The molecule has 0 bridgehead atoms. The molecule has 0 aliphatic rings. The van der Waals surface area contributed by atoms with E-state index in [1.165, 1.54) is 19.9 Å². The van der Waals surface area contributed by atoms with Crippen LogP contribution in [0.25, 0.3) is 0 Å². The molecule has 0 spiro atoms. The summed E-state index contributed by atoms with van der Waals surface area (Å²) in [4.78, 5) is 11.9. The smallest absolute Gasteiger partial charge is 0.326 e. The van der Waals surface area contributed by atoms with E-state index in [1.54, 1.807) is 0 Å². The Morgan fingerprint density at radius 1 is 1.27 bits per heavy atom. The van der Waals surface area contributed by atoms with Gasteiger partial charge in [-0.1, -0.05) is 0 Å². The van der Waals surface area contributed by atoms with Crippen LogP contribution in [-0.4, -0.2) is 15.7 Å². The van der Waals surface area contributed by atoms with Crippen molar-refractivity contribution < 1.29 is 22.4 Å². The maximum atomic E-state index is 13.1. The average Bonchev–Trinajstić information content (AvgIpc) is 2.71. The van der Waals surface area contributed by atoms with Crippen molar-refractivity contribution >= 4 is 11.6 Å². The Labute approximate surface area is 123 Å². The number of aromatic nitrogens is 2. The molecule has 0 atom stereocenters. The lowest BCUT2D eigenvalue weighted by Gasteiger charge is -2.07. The highest BCUT2D eigenvalue weighted by Gasteiger charge is 2.19. The van der Waals surface area contributed by atoms with Crippen LogP contribution in [0.2, 0.25) is 0 Å². The van der Waals surface area contributed by atoms with Gasteiger partial charge in [-0.3, -0.25) is 4.79 Å². The van der Waals surface area contributed by atoms with Gasteiger partial charge in [0.1, 0.15) is 0 Å². The van der Waals surface area contributed by atoms with Gasteiger partial charge in [-0.25, -0.2) is 13.5 Å². The molecule has 1 heterocycles. The van der Waals surface area contributed by atoms with Crippen LogP contribution in [0.3, 0.4) is 0 Å². The molecule has 0 saturated carbocycles. The fourth-order valence-electron chi connectivity index (χ4n) is 2.08. The largest absolute Gasteiger partial charge is 0.333 e. The number of benzene rings is 1. The van der Waals surface area contributed by atoms with E-state index in [9.17, 15) is 22.4 Å². The first-order chi connectivity index (χ1) is 10.3. The van der Waals surface area contributed by atoms with Gasteiger partial charge in [0.05, 0.1) is 12.1 Å². The Morgan fingerprint density at radius 3 is 2.50 bits per heavy atom. The van der Waals surface area contributed by atoms with Crippen molar-refractivity contribution in [2.75, 3.05) is 5.32 Å². The third-order valence-corrected chi connectivity index (χ3v) is 3.20. The summed E-state index contributed by atoms with van der Waals surface area (Å²) in [6, 6.07) is 2.93. The number of anilines is 1. The number of nitrogens with zero attached hydrogens (tertiary/aromatic N) is 2. The lowest BCUT2D eigenvalue weighted by Crippen LogP contribution is -2.15. The molecular formula is C14H13F4N3O. The average molecular weight is 315 g/mol. The Kier molecular flexibility index (Phi) is 4.48. The first-order valence-corrected chi connectivity index (χ1v) is 6.37. The maximum Gasteiger partial charge on any atom is 0.333 e. The van der Waals surface area contributed by atoms with Crippen molar-refractivity contribution in [1.82, 2.24) is 9.78 Å². The molecule has 22 heavy (non-hydrogen) atoms. The molecule has 8 heteroatoms. The molecule has 2 rings (SSSR count). The third-order valence-electron chi connectivity index (χ3n) is 3.20. The van der Waals surface area contributed by atoms with Gasteiger partial charge >= 0.3 is 6.55 Å². The number of alkyl halides is 2. The highest BCUT2D eigenvalue weighted by atomic mass is 19.3. The van der Waals surface area contributed by atoms with Crippen molar-refractivity contribution in [2.45, 2.75) is 26.8 Å². The Bertz CT molecular complexity index is 712. The van der Waals surface area contributed by atoms with E-state index in [-0.39, 0.29) is 17.8 Å². The van der Waals surface area contributed by atoms with Crippen molar-refractivity contribution in [3.8, 4) is 0 Å². The summed E-state index contributed by atoms with van der Waals surface area (Å²) in [6.07, 6.45) is -0.191. The van der Waals surface area contributed by atoms with Gasteiger partial charge in [-0.15, -0.1) is 0 Å². The highest BCUT2D eigenvalue weighted by Crippen LogP contribution is 2.20. The van der Waals surface area contributed by atoms with Gasteiger partial charge in [0.25, 0.3) is 0 Å². The van der Waals surface area contributed by atoms with Crippen LogP contribution in [0.4, 0.5) is 23.2 Å². The minimum atomic E-state index is -2.79. The SMILES string of the molecule is Cc1nn(C(F)F)c(C)c1CC(=O)Nc1ccc(F)c(F)c1. The second-order valence-corrected chi connectivity index (χ2v) is 4.73. The lowest BCUT2D eigenvalue weighted by atomic mass is 10.1. The van der Waals surface area contributed by atoms with Crippen LogP contribution in [0.1, 0.15) is 23.5 Å². The maximum absolute atomic E-state index is 13.1. The topological polar surface area (TPSA) is 46.9 Å². The number of nitrogens with one attached hydrogen (secondary N) is 1. The minimum absolute atomic E-state index is 0.0838. The minimum Gasteiger partial charge on any atom is -0.326 e.